The molecule has 2 aromatic rings. The minimum atomic E-state index is -3.80. The molecule has 1 amide bonds. The second-order valence-electron chi connectivity index (χ2n) is 7.18. The van der Waals surface area contributed by atoms with Crippen molar-refractivity contribution in [1.29, 1.82) is 0 Å². The van der Waals surface area contributed by atoms with Crippen LogP contribution in [0.15, 0.2) is 41.3 Å². The second-order valence-corrected chi connectivity index (χ2v) is 9.93. The molecular weight excluding hydrogens is 465 g/mol. The maximum absolute atomic E-state index is 13.0. The number of anilines is 1. The van der Waals surface area contributed by atoms with E-state index in [2.05, 4.69) is 0 Å². The molecule has 0 aliphatic carbocycles. The molecule has 2 heterocycles. The van der Waals surface area contributed by atoms with Crippen LogP contribution in [0.2, 0.25) is 10.0 Å². The van der Waals surface area contributed by atoms with Gasteiger partial charge in [-0.2, -0.15) is 4.31 Å². The van der Waals surface area contributed by atoms with E-state index in [0.29, 0.717) is 30.1 Å². The highest BCUT2D eigenvalue weighted by Crippen LogP contribution is 2.33. The summed E-state index contributed by atoms with van der Waals surface area (Å²) in [7, 11) is -2.29. The molecule has 0 atom stereocenters. The van der Waals surface area contributed by atoms with Crippen LogP contribution >= 0.6 is 23.2 Å². The summed E-state index contributed by atoms with van der Waals surface area (Å²) in [5.41, 5.74) is 0.831. The molecule has 0 N–H and O–H groups in total. The molecule has 2 aromatic carbocycles. The summed E-state index contributed by atoms with van der Waals surface area (Å²) in [6.07, 6.45) is 0. The predicted octanol–water partition coefficient (Wildman–Crippen LogP) is 2.50. The molecular formula is C20H19Cl2N3O5S. The molecule has 0 saturated carbocycles. The van der Waals surface area contributed by atoms with Crippen LogP contribution in [0.1, 0.15) is 10.4 Å². The maximum atomic E-state index is 13.0. The number of rotatable bonds is 5. The molecule has 1 saturated heterocycles. The van der Waals surface area contributed by atoms with Crippen LogP contribution in [-0.2, 0) is 14.8 Å². The van der Waals surface area contributed by atoms with Gasteiger partial charge < -0.3 is 4.74 Å². The lowest BCUT2D eigenvalue weighted by atomic mass is 10.1. The van der Waals surface area contributed by atoms with Gasteiger partial charge in [0.25, 0.3) is 5.78 Å². The Hall–Kier alpha value is -2.17. The molecule has 0 bridgehead atoms. The molecule has 4 rings (SSSR count). The fourth-order valence-electron chi connectivity index (χ4n) is 3.67. The van der Waals surface area contributed by atoms with Gasteiger partial charge in [0, 0.05) is 37.3 Å². The van der Waals surface area contributed by atoms with Gasteiger partial charge in [-0.15, -0.1) is 0 Å². The number of carbonyl (C=O) groups excluding carboxylic acids is 2. The average molecular weight is 484 g/mol. The molecule has 0 spiro atoms. The summed E-state index contributed by atoms with van der Waals surface area (Å²) < 4.78 is 32.5. The van der Waals surface area contributed by atoms with E-state index in [4.69, 9.17) is 27.9 Å². The smallest absolute Gasteiger partial charge is 0.300 e. The highest BCUT2D eigenvalue weighted by molar-refractivity contribution is 7.89. The summed E-state index contributed by atoms with van der Waals surface area (Å²) in [5, 5.41) is 0.395. The van der Waals surface area contributed by atoms with Gasteiger partial charge in [-0.3, -0.25) is 19.4 Å². The Balaban J connectivity index is 1.47. The molecule has 1 fully saturated rings. The number of amides is 1. The Kier molecular flexibility index (Phi) is 5.97. The summed E-state index contributed by atoms with van der Waals surface area (Å²) in [6.45, 7) is 1.37. The monoisotopic (exact) mass is 483 g/mol. The van der Waals surface area contributed by atoms with Crippen LogP contribution in [0.3, 0.4) is 0 Å². The number of fused-ring (bicyclic) bond motifs is 1. The van der Waals surface area contributed by atoms with Crippen LogP contribution in [0.5, 0.6) is 5.75 Å². The number of carbonyl (C=O) groups is 2. The summed E-state index contributed by atoms with van der Waals surface area (Å²) in [6, 6.07) is 9.19. The van der Waals surface area contributed by atoms with Gasteiger partial charge in [0.2, 0.25) is 10.0 Å². The number of hydrogen-bond acceptors (Lipinski definition) is 6. The van der Waals surface area contributed by atoms with E-state index >= 15 is 0 Å². The lowest BCUT2D eigenvalue weighted by Crippen LogP contribution is -2.52. The highest BCUT2D eigenvalue weighted by Gasteiger charge is 2.38. The van der Waals surface area contributed by atoms with Crippen LogP contribution in [0.25, 0.3) is 0 Å². The Bertz CT molecular complexity index is 1160. The topological polar surface area (TPSA) is 87.2 Å². The lowest BCUT2D eigenvalue weighted by Gasteiger charge is -2.36. The zero-order chi connectivity index (χ0) is 22.3. The van der Waals surface area contributed by atoms with Crippen molar-refractivity contribution in [2.75, 3.05) is 44.9 Å². The van der Waals surface area contributed by atoms with Crippen molar-refractivity contribution in [2.24, 2.45) is 0 Å². The number of sulfonamides is 1. The van der Waals surface area contributed by atoms with E-state index in [0.717, 1.165) is 0 Å². The number of piperazine rings is 1. The zero-order valence-corrected chi connectivity index (χ0v) is 18.9. The molecule has 11 heteroatoms. The van der Waals surface area contributed by atoms with Crippen molar-refractivity contribution in [2.45, 2.75) is 4.90 Å². The third-order valence-corrected chi connectivity index (χ3v) is 7.98. The van der Waals surface area contributed by atoms with E-state index in [9.17, 15) is 18.0 Å². The van der Waals surface area contributed by atoms with Gasteiger partial charge in [-0.1, -0.05) is 23.2 Å². The number of ketones is 1. The fourth-order valence-corrected chi connectivity index (χ4v) is 5.83. The number of ether oxygens (including phenoxy) is 1. The second kappa shape index (κ2) is 8.40. The lowest BCUT2D eigenvalue weighted by molar-refractivity contribution is -0.114. The van der Waals surface area contributed by atoms with Gasteiger partial charge in [0.15, 0.2) is 0 Å². The van der Waals surface area contributed by atoms with Gasteiger partial charge in [0.05, 0.1) is 30.1 Å². The minimum absolute atomic E-state index is 0.0311. The Labute approximate surface area is 189 Å². The molecule has 0 radical (unpaired) electrons. The van der Waals surface area contributed by atoms with Crippen molar-refractivity contribution < 1.29 is 22.7 Å². The van der Waals surface area contributed by atoms with Crippen molar-refractivity contribution in [1.82, 2.24) is 9.21 Å². The van der Waals surface area contributed by atoms with Gasteiger partial charge in [-0.05, 0) is 30.3 Å². The van der Waals surface area contributed by atoms with Gasteiger partial charge >= 0.3 is 5.91 Å². The van der Waals surface area contributed by atoms with Crippen LogP contribution in [-0.4, -0.2) is 69.3 Å². The molecule has 0 aromatic heterocycles. The first kappa shape index (κ1) is 22.0. The first-order valence-electron chi connectivity index (χ1n) is 9.44. The highest BCUT2D eigenvalue weighted by atomic mass is 35.5. The fraction of sp³-hybridized carbons (Fsp3) is 0.300. The summed E-state index contributed by atoms with van der Waals surface area (Å²) in [5.74, 6) is -0.626. The normalized spacial score (nSPS) is 17.8. The molecule has 164 valence electrons. The largest absolute Gasteiger partial charge is 0.497 e. The quantitative estimate of drug-likeness (QED) is 0.607. The van der Waals surface area contributed by atoms with Crippen LogP contribution in [0.4, 0.5) is 5.69 Å². The van der Waals surface area contributed by atoms with Crippen molar-refractivity contribution in [3.63, 3.8) is 0 Å². The number of Topliss-reactive ketones (excluding diaryl/α,β-unsaturated/α-hetero) is 1. The molecule has 0 unspecified atom stereocenters. The number of halogens is 2. The molecule has 8 nitrogen and oxygen atoms in total. The van der Waals surface area contributed by atoms with Crippen LogP contribution < -0.4 is 9.64 Å². The van der Waals surface area contributed by atoms with Crippen molar-refractivity contribution in [3.8, 4) is 5.75 Å². The number of benzene rings is 2. The Morgan fingerprint density at radius 2 is 1.71 bits per heavy atom. The molecule has 2 aliphatic rings. The third-order valence-electron chi connectivity index (χ3n) is 5.36. The van der Waals surface area contributed by atoms with Crippen molar-refractivity contribution in [3.05, 3.63) is 52.0 Å². The predicted molar refractivity (Wildman–Crippen MR) is 116 cm³/mol. The molecule has 31 heavy (non-hydrogen) atoms. The minimum Gasteiger partial charge on any atom is -0.497 e. The van der Waals surface area contributed by atoms with E-state index in [1.54, 1.807) is 18.2 Å². The first-order valence-corrected chi connectivity index (χ1v) is 11.6. The zero-order valence-electron chi connectivity index (χ0n) is 16.5. The Morgan fingerprint density at radius 1 is 1.00 bits per heavy atom. The van der Waals surface area contributed by atoms with E-state index in [-0.39, 0.29) is 34.7 Å². The van der Waals surface area contributed by atoms with Gasteiger partial charge in [-0.25, -0.2) is 8.42 Å². The summed E-state index contributed by atoms with van der Waals surface area (Å²) >= 11 is 12.0. The van der Waals surface area contributed by atoms with Gasteiger partial charge in [0.1, 0.15) is 10.6 Å². The SMILES string of the molecule is COc1ccc2c(c1)N(CN1CCN(S(=O)(=O)c3cc(Cl)ccc3Cl)CC1)C(=O)C2=O. The van der Waals surface area contributed by atoms with Crippen LogP contribution in [0, 0.1) is 0 Å². The number of hydrogen-bond donors (Lipinski definition) is 0. The maximum Gasteiger partial charge on any atom is 0.300 e. The first-order chi connectivity index (χ1) is 14.7. The van der Waals surface area contributed by atoms with E-state index in [1.807, 2.05) is 4.90 Å². The van der Waals surface area contributed by atoms with E-state index in [1.165, 1.54) is 34.5 Å². The Morgan fingerprint density at radius 3 is 2.39 bits per heavy atom. The third kappa shape index (κ3) is 4.04. The number of nitrogens with zero attached hydrogens (tertiary/aromatic N) is 3. The average Bonchev–Trinajstić information content (AvgIpc) is 3.00. The molecule has 2 aliphatic heterocycles. The standard InChI is InChI=1S/C20H19Cl2N3O5S/c1-30-14-3-4-15-17(11-14)25(20(27)19(15)26)12-23-6-8-24(9-7-23)31(28,29)18-10-13(21)2-5-16(18)22/h2-5,10-11H,6-9,12H2,1H3. The summed E-state index contributed by atoms with van der Waals surface area (Å²) in [4.78, 5) is 28.1. The van der Waals surface area contributed by atoms with E-state index < -0.39 is 21.7 Å². The van der Waals surface area contributed by atoms with Crippen molar-refractivity contribution >= 4 is 50.6 Å². The number of methoxy groups -OCH3 is 1.